The Bertz CT molecular complexity index is 913. The number of nitrogens with zero attached hydrogens (tertiary/aromatic N) is 1. The third-order valence-electron chi connectivity index (χ3n) is 3.68. The number of rotatable bonds is 2. The van der Waals surface area contributed by atoms with E-state index in [0.29, 0.717) is 22.1 Å². The Hall–Kier alpha value is -3.06. The SMILES string of the molecule is COc1ccccc1-c1c(N)c(C#N)c2ccccc2c1F. The van der Waals surface area contributed by atoms with Gasteiger partial charge < -0.3 is 10.5 Å². The Kier molecular flexibility index (Phi) is 3.40. The maximum absolute atomic E-state index is 15.0. The van der Waals surface area contributed by atoms with Crippen molar-refractivity contribution in [2.75, 3.05) is 12.8 Å². The van der Waals surface area contributed by atoms with Gasteiger partial charge in [0, 0.05) is 21.9 Å². The molecular formula is C18H13FN2O. The summed E-state index contributed by atoms with van der Waals surface area (Å²) in [5.41, 5.74) is 7.23. The number of nitrogens with two attached hydrogens (primary N) is 1. The molecule has 108 valence electrons. The highest BCUT2D eigenvalue weighted by Crippen LogP contribution is 2.41. The molecule has 3 nitrogen and oxygen atoms in total. The van der Waals surface area contributed by atoms with Gasteiger partial charge in [-0.1, -0.05) is 42.5 Å². The Morgan fingerprint density at radius 3 is 2.36 bits per heavy atom. The van der Waals surface area contributed by atoms with E-state index in [-0.39, 0.29) is 16.8 Å². The number of hydrogen-bond acceptors (Lipinski definition) is 3. The molecule has 0 amide bonds. The van der Waals surface area contributed by atoms with Crippen molar-refractivity contribution in [3.05, 3.63) is 59.9 Å². The predicted molar refractivity (Wildman–Crippen MR) is 85.0 cm³/mol. The number of ether oxygens (including phenoxy) is 1. The van der Waals surface area contributed by atoms with Gasteiger partial charge in [-0.25, -0.2) is 4.39 Å². The zero-order valence-electron chi connectivity index (χ0n) is 11.9. The zero-order chi connectivity index (χ0) is 15.7. The van der Waals surface area contributed by atoms with E-state index in [0.717, 1.165) is 0 Å². The summed E-state index contributed by atoms with van der Waals surface area (Å²) in [7, 11) is 1.51. The van der Waals surface area contributed by atoms with E-state index in [4.69, 9.17) is 10.5 Å². The first kappa shape index (κ1) is 13.9. The Labute approximate surface area is 127 Å². The van der Waals surface area contributed by atoms with Crippen LogP contribution in [-0.2, 0) is 0 Å². The number of nitrogen functional groups attached to an aromatic ring is 1. The van der Waals surface area contributed by atoms with Gasteiger partial charge in [0.1, 0.15) is 17.6 Å². The summed E-state index contributed by atoms with van der Waals surface area (Å²) < 4.78 is 20.3. The second kappa shape index (κ2) is 5.38. The summed E-state index contributed by atoms with van der Waals surface area (Å²) in [6, 6.07) is 15.9. The summed E-state index contributed by atoms with van der Waals surface area (Å²) in [6.45, 7) is 0. The highest BCUT2D eigenvalue weighted by atomic mass is 19.1. The minimum absolute atomic E-state index is 0.128. The minimum Gasteiger partial charge on any atom is -0.496 e. The van der Waals surface area contributed by atoms with E-state index in [1.807, 2.05) is 0 Å². The van der Waals surface area contributed by atoms with Crippen LogP contribution in [0.4, 0.5) is 10.1 Å². The molecule has 0 radical (unpaired) electrons. The van der Waals surface area contributed by atoms with Gasteiger partial charge in [-0.3, -0.25) is 0 Å². The van der Waals surface area contributed by atoms with E-state index in [9.17, 15) is 5.26 Å². The van der Waals surface area contributed by atoms with Gasteiger partial charge in [0.15, 0.2) is 0 Å². The molecule has 3 aromatic carbocycles. The molecule has 0 aromatic heterocycles. The predicted octanol–water partition coefficient (Wildman–Crippen LogP) is 4.11. The number of nitriles is 1. The van der Waals surface area contributed by atoms with E-state index in [1.54, 1.807) is 48.5 Å². The van der Waals surface area contributed by atoms with Crippen LogP contribution in [0.1, 0.15) is 5.56 Å². The van der Waals surface area contributed by atoms with Crippen molar-refractivity contribution in [2.24, 2.45) is 0 Å². The quantitative estimate of drug-likeness (QED) is 0.723. The molecule has 0 heterocycles. The van der Waals surface area contributed by atoms with Crippen LogP contribution in [0.3, 0.4) is 0 Å². The fourth-order valence-electron chi connectivity index (χ4n) is 2.65. The van der Waals surface area contributed by atoms with Gasteiger partial charge in [0.2, 0.25) is 0 Å². The average molecular weight is 292 g/mol. The highest BCUT2D eigenvalue weighted by Gasteiger charge is 2.20. The molecule has 4 heteroatoms. The van der Waals surface area contributed by atoms with Crippen molar-refractivity contribution in [1.29, 1.82) is 5.26 Å². The first-order valence-corrected chi connectivity index (χ1v) is 6.72. The van der Waals surface area contributed by atoms with Gasteiger partial charge in [-0.15, -0.1) is 0 Å². The summed E-state index contributed by atoms with van der Waals surface area (Å²) in [5, 5.41) is 10.3. The van der Waals surface area contributed by atoms with E-state index in [1.165, 1.54) is 7.11 Å². The standard InChI is InChI=1S/C18H13FN2O/c1-22-15-9-5-4-8-13(15)16-17(19)12-7-3-2-6-11(12)14(10-20)18(16)21/h2-9H,21H2,1H3. The molecule has 0 unspecified atom stereocenters. The monoisotopic (exact) mass is 292 g/mol. The van der Waals surface area contributed by atoms with Crippen molar-refractivity contribution in [3.63, 3.8) is 0 Å². The number of para-hydroxylation sites is 1. The van der Waals surface area contributed by atoms with E-state index >= 15 is 4.39 Å². The van der Waals surface area contributed by atoms with Gasteiger partial charge in [-0.2, -0.15) is 5.26 Å². The van der Waals surface area contributed by atoms with Crippen LogP contribution in [0.25, 0.3) is 21.9 Å². The molecule has 0 spiro atoms. The van der Waals surface area contributed by atoms with E-state index < -0.39 is 5.82 Å². The number of benzene rings is 3. The molecule has 2 N–H and O–H groups in total. The van der Waals surface area contributed by atoms with Crippen LogP contribution in [0.5, 0.6) is 5.75 Å². The van der Waals surface area contributed by atoms with Crippen molar-refractivity contribution >= 4 is 16.5 Å². The summed E-state index contributed by atoms with van der Waals surface area (Å²) in [5.74, 6) is 0.0591. The maximum atomic E-state index is 15.0. The largest absolute Gasteiger partial charge is 0.496 e. The Morgan fingerprint density at radius 2 is 1.68 bits per heavy atom. The first-order chi connectivity index (χ1) is 10.7. The second-order valence-corrected chi connectivity index (χ2v) is 4.84. The molecule has 22 heavy (non-hydrogen) atoms. The number of halogens is 1. The van der Waals surface area contributed by atoms with Crippen molar-refractivity contribution in [2.45, 2.75) is 0 Å². The Morgan fingerprint density at radius 1 is 1.05 bits per heavy atom. The van der Waals surface area contributed by atoms with Crippen LogP contribution in [0.2, 0.25) is 0 Å². The fraction of sp³-hybridized carbons (Fsp3) is 0.0556. The van der Waals surface area contributed by atoms with Gasteiger partial charge in [-0.05, 0) is 6.07 Å². The zero-order valence-corrected chi connectivity index (χ0v) is 11.9. The Balaban J connectivity index is 2.48. The number of fused-ring (bicyclic) bond motifs is 1. The fourth-order valence-corrected chi connectivity index (χ4v) is 2.65. The van der Waals surface area contributed by atoms with Crippen LogP contribution < -0.4 is 10.5 Å². The van der Waals surface area contributed by atoms with Crippen molar-refractivity contribution in [1.82, 2.24) is 0 Å². The lowest BCUT2D eigenvalue weighted by Crippen LogP contribution is -2.01. The lowest BCUT2D eigenvalue weighted by atomic mass is 9.93. The molecule has 0 aliphatic heterocycles. The van der Waals surface area contributed by atoms with Crippen LogP contribution in [-0.4, -0.2) is 7.11 Å². The molecule has 0 saturated heterocycles. The number of methoxy groups -OCH3 is 1. The molecule has 0 fully saturated rings. The number of anilines is 1. The lowest BCUT2D eigenvalue weighted by molar-refractivity contribution is 0.416. The van der Waals surface area contributed by atoms with Crippen LogP contribution in [0, 0.1) is 17.1 Å². The van der Waals surface area contributed by atoms with Crippen molar-refractivity contribution < 1.29 is 9.13 Å². The summed E-state index contributed by atoms with van der Waals surface area (Å²) in [4.78, 5) is 0. The third-order valence-corrected chi connectivity index (χ3v) is 3.68. The number of hydrogen-bond donors (Lipinski definition) is 1. The molecule has 0 aliphatic carbocycles. The second-order valence-electron chi connectivity index (χ2n) is 4.84. The molecule has 0 aliphatic rings. The van der Waals surface area contributed by atoms with Gasteiger partial charge >= 0.3 is 0 Å². The molecular weight excluding hydrogens is 279 g/mol. The molecule has 3 rings (SSSR count). The lowest BCUT2D eigenvalue weighted by Gasteiger charge is -2.15. The first-order valence-electron chi connectivity index (χ1n) is 6.72. The smallest absolute Gasteiger partial charge is 0.141 e. The van der Waals surface area contributed by atoms with Gasteiger partial charge in [0.25, 0.3) is 0 Å². The van der Waals surface area contributed by atoms with Gasteiger partial charge in [0.05, 0.1) is 18.4 Å². The molecule has 0 bridgehead atoms. The molecule has 0 saturated carbocycles. The van der Waals surface area contributed by atoms with Crippen LogP contribution >= 0.6 is 0 Å². The van der Waals surface area contributed by atoms with E-state index in [2.05, 4.69) is 6.07 Å². The highest BCUT2D eigenvalue weighted by molar-refractivity contribution is 6.00. The molecule has 3 aromatic rings. The van der Waals surface area contributed by atoms with Crippen LogP contribution in [0.15, 0.2) is 48.5 Å². The minimum atomic E-state index is -0.448. The normalized spacial score (nSPS) is 10.4. The summed E-state index contributed by atoms with van der Waals surface area (Å²) >= 11 is 0. The van der Waals surface area contributed by atoms with Crippen molar-refractivity contribution in [3.8, 4) is 22.9 Å². The third kappa shape index (κ3) is 1.95. The molecule has 0 atom stereocenters. The maximum Gasteiger partial charge on any atom is 0.141 e. The summed E-state index contributed by atoms with van der Waals surface area (Å²) in [6.07, 6.45) is 0. The topological polar surface area (TPSA) is 59.0 Å². The average Bonchev–Trinajstić information content (AvgIpc) is 2.56.